The molecule has 1 fully saturated rings. The summed E-state index contributed by atoms with van der Waals surface area (Å²) in [6.45, 7) is 6.73. The molecule has 3 heteroatoms. The molecule has 0 radical (unpaired) electrons. The summed E-state index contributed by atoms with van der Waals surface area (Å²) in [7, 11) is 1.71. The highest BCUT2D eigenvalue weighted by Crippen LogP contribution is 2.29. The lowest BCUT2D eigenvalue weighted by Gasteiger charge is -2.40. The molecule has 2 rings (SSSR count). The van der Waals surface area contributed by atoms with Crippen LogP contribution in [0.5, 0.6) is 5.75 Å². The summed E-state index contributed by atoms with van der Waals surface area (Å²) in [6, 6.07) is 9.34. The third kappa shape index (κ3) is 3.28. The van der Waals surface area contributed by atoms with E-state index < -0.39 is 0 Å². The minimum atomic E-state index is 0.365. The number of nitrogens with two attached hydrogens (primary N) is 1. The van der Waals surface area contributed by atoms with E-state index in [2.05, 4.69) is 43.0 Å². The van der Waals surface area contributed by atoms with Crippen LogP contribution in [0, 0.1) is 5.92 Å². The molecule has 0 amide bonds. The van der Waals surface area contributed by atoms with Crippen LogP contribution in [0.1, 0.15) is 38.3 Å². The fraction of sp³-hybridized carbons (Fsp3) is 0.625. The van der Waals surface area contributed by atoms with Crippen molar-refractivity contribution in [1.29, 1.82) is 0 Å². The first-order valence-corrected chi connectivity index (χ1v) is 7.29. The van der Waals surface area contributed by atoms with E-state index >= 15 is 0 Å². The number of hydrogen-bond acceptors (Lipinski definition) is 3. The molecule has 2 N–H and O–H groups in total. The standard InChI is InChI=1S/C16H26N2O/c1-4-16(13-5-7-14(19-3)8-6-13)18-10-9-15(17)12(2)11-18/h5-8,12,15-16H,4,9-11,17H2,1-3H3. The first-order chi connectivity index (χ1) is 9.15. The molecule has 0 bridgehead atoms. The van der Waals surface area contributed by atoms with Gasteiger partial charge in [0.25, 0.3) is 0 Å². The summed E-state index contributed by atoms with van der Waals surface area (Å²) in [4.78, 5) is 2.58. The maximum Gasteiger partial charge on any atom is 0.118 e. The van der Waals surface area contributed by atoms with Crippen molar-refractivity contribution in [2.75, 3.05) is 20.2 Å². The summed E-state index contributed by atoms with van der Waals surface area (Å²) in [5, 5.41) is 0. The van der Waals surface area contributed by atoms with Gasteiger partial charge in [-0.05, 0) is 36.5 Å². The first-order valence-electron chi connectivity index (χ1n) is 7.29. The molecule has 0 aromatic heterocycles. The largest absolute Gasteiger partial charge is 0.497 e. The Bertz CT molecular complexity index is 390. The predicted octanol–water partition coefficient (Wildman–Crippen LogP) is 2.82. The molecule has 3 nitrogen and oxygen atoms in total. The van der Waals surface area contributed by atoms with Crippen LogP contribution in [-0.4, -0.2) is 31.1 Å². The van der Waals surface area contributed by atoms with Gasteiger partial charge in [0.1, 0.15) is 5.75 Å². The highest BCUT2D eigenvalue weighted by Gasteiger charge is 2.27. The molecule has 1 aromatic carbocycles. The maximum atomic E-state index is 6.12. The summed E-state index contributed by atoms with van der Waals surface area (Å²) in [5.74, 6) is 1.51. The third-order valence-electron chi connectivity index (χ3n) is 4.33. The van der Waals surface area contributed by atoms with Crippen LogP contribution in [0.25, 0.3) is 0 Å². The lowest BCUT2D eigenvalue weighted by molar-refractivity contribution is 0.113. The van der Waals surface area contributed by atoms with Crippen molar-refractivity contribution in [1.82, 2.24) is 4.90 Å². The van der Waals surface area contributed by atoms with Crippen molar-refractivity contribution in [3.63, 3.8) is 0 Å². The lowest BCUT2D eigenvalue weighted by Crippen LogP contribution is -2.47. The van der Waals surface area contributed by atoms with Gasteiger partial charge in [0.15, 0.2) is 0 Å². The zero-order chi connectivity index (χ0) is 13.8. The topological polar surface area (TPSA) is 38.5 Å². The second kappa shape index (κ2) is 6.40. The molecular formula is C16H26N2O. The number of hydrogen-bond donors (Lipinski definition) is 1. The van der Waals surface area contributed by atoms with E-state index in [1.165, 1.54) is 5.56 Å². The van der Waals surface area contributed by atoms with Crippen LogP contribution in [0.2, 0.25) is 0 Å². The second-order valence-corrected chi connectivity index (χ2v) is 5.62. The van der Waals surface area contributed by atoms with Gasteiger partial charge in [0.2, 0.25) is 0 Å². The quantitative estimate of drug-likeness (QED) is 0.907. The van der Waals surface area contributed by atoms with Gasteiger partial charge in [-0.1, -0.05) is 26.0 Å². The molecule has 0 saturated carbocycles. The minimum absolute atomic E-state index is 0.365. The van der Waals surface area contributed by atoms with Crippen molar-refractivity contribution in [3.8, 4) is 5.75 Å². The van der Waals surface area contributed by atoms with E-state index in [9.17, 15) is 0 Å². The van der Waals surface area contributed by atoms with Gasteiger partial charge in [-0.3, -0.25) is 4.90 Å². The van der Waals surface area contributed by atoms with Crippen LogP contribution < -0.4 is 10.5 Å². The molecule has 19 heavy (non-hydrogen) atoms. The Morgan fingerprint density at radius 1 is 1.37 bits per heavy atom. The van der Waals surface area contributed by atoms with Crippen molar-refractivity contribution in [3.05, 3.63) is 29.8 Å². The third-order valence-corrected chi connectivity index (χ3v) is 4.33. The molecule has 0 aliphatic carbocycles. The van der Waals surface area contributed by atoms with Crippen LogP contribution in [0.4, 0.5) is 0 Å². The Labute approximate surface area is 116 Å². The smallest absolute Gasteiger partial charge is 0.118 e. The van der Waals surface area contributed by atoms with E-state index in [0.29, 0.717) is 18.0 Å². The van der Waals surface area contributed by atoms with Crippen LogP contribution in [0.3, 0.4) is 0 Å². The number of piperidine rings is 1. The first kappa shape index (κ1) is 14.4. The number of likely N-dealkylation sites (tertiary alicyclic amines) is 1. The fourth-order valence-corrected chi connectivity index (χ4v) is 3.01. The fourth-order valence-electron chi connectivity index (χ4n) is 3.01. The van der Waals surface area contributed by atoms with Crippen LogP contribution >= 0.6 is 0 Å². The molecular weight excluding hydrogens is 236 g/mol. The van der Waals surface area contributed by atoms with Crippen molar-refractivity contribution >= 4 is 0 Å². The second-order valence-electron chi connectivity index (χ2n) is 5.62. The summed E-state index contributed by atoms with van der Waals surface area (Å²) in [5.41, 5.74) is 7.50. The monoisotopic (exact) mass is 262 g/mol. The van der Waals surface area contributed by atoms with E-state index in [4.69, 9.17) is 10.5 Å². The molecule has 1 aliphatic rings. The SMILES string of the molecule is CCC(c1ccc(OC)cc1)N1CCC(N)C(C)C1. The lowest BCUT2D eigenvalue weighted by atomic mass is 9.91. The minimum Gasteiger partial charge on any atom is -0.497 e. The molecule has 1 heterocycles. The van der Waals surface area contributed by atoms with Gasteiger partial charge in [-0.2, -0.15) is 0 Å². The van der Waals surface area contributed by atoms with E-state index in [0.717, 1.165) is 31.7 Å². The molecule has 3 atom stereocenters. The maximum absolute atomic E-state index is 6.12. The molecule has 1 saturated heterocycles. The van der Waals surface area contributed by atoms with E-state index in [-0.39, 0.29) is 0 Å². The summed E-state index contributed by atoms with van der Waals surface area (Å²) >= 11 is 0. The Balaban J connectivity index is 2.10. The van der Waals surface area contributed by atoms with Gasteiger partial charge in [0.05, 0.1) is 7.11 Å². The molecule has 3 unspecified atom stereocenters. The van der Waals surface area contributed by atoms with E-state index in [1.807, 2.05) is 0 Å². The van der Waals surface area contributed by atoms with Gasteiger partial charge < -0.3 is 10.5 Å². The Morgan fingerprint density at radius 3 is 2.58 bits per heavy atom. The normalized spacial score (nSPS) is 26.1. The average Bonchev–Trinajstić information content (AvgIpc) is 2.44. The number of rotatable bonds is 4. The van der Waals surface area contributed by atoms with Crippen LogP contribution in [0.15, 0.2) is 24.3 Å². The Morgan fingerprint density at radius 2 is 2.05 bits per heavy atom. The zero-order valence-corrected chi connectivity index (χ0v) is 12.3. The van der Waals surface area contributed by atoms with Gasteiger partial charge >= 0.3 is 0 Å². The zero-order valence-electron chi connectivity index (χ0n) is 12.3. The van der Waals surface area contributed by atoms with Crippen LogP contribution in [-0.2, 0) is 0 Å². The van der Waals surface area contributed by atoms with Gasteiger partial charge in [-0.25, -0.2) is 0 Å². The average molecular weight is 262 g/mol. The van der Waals surface area contributed by atoms with Crippen molar-refractivity contribution in [2.24, 2.45) is 11.7 Å². The van der Waals surface area contributed by atoms with E-state index in [1.54, 1.807) is 7.11 Å². The summed E-state index contributed by atoms with van der Waals surface area (Å²) in [6.07, 6.45) is 2.24. The van der Waals surface area contributed by atoms with Crippen molar-refractivity contribution < 1.29 is 4.74 Å². The number of nitrogens with zero attached hydrogens (tertiary/aromatic N) is 1. The number of methoxy groups -OCH3 is 1. The Kier molecular flexibility index (Phi) is 4.83. The summed E-state index contributed by atoms with van der Waals surface area (Å²) < 4.78 is 5.23. The highest BCUT2D eigenvalue weighted by atomic mass is 16.5. The highest BCUT2D eigenvalue weighted by molar-refractivity contribution is 5.29. The molecule has 1 aliphatic heterocycles. The van der Waals surface area contributed by atoms with Crippen molar-refractivity contribution in [2.45, 2.75) is 38.8 Å². The predicted molar refractivity (Wildman–Crippen MR) is 79.4 cm³/mol. The number of benzene rings is 1. The number of ether oxygens (including phenoxy) is 1. The molecule has 0 spiro atoms. The Hall–Kier alpha value is -1.06. The van der Waals surface area contributed by atoms with Gasteiger partial charge in [-0.15, -0.1) is 0 Å². The molecule has 106 valence electrons. The van der Waals surface area contributed by atoms with Gasteiger partial charge in [0, 0.05) is 25.2 Å². The molecule has 1 aromatic rings.